The van der Waals surface area contributed by atoms with E-state index in [9.17, 15) is 43.5 Å². The van der Waals surface area contributed by atoms with Crippen LogP contribution in [-0.2, 0) is 35.3 Å². The summed E-state index contributed by atoms with van der Waals surface area (Å²) in [4.78, 5) is 100. The number of carboxylic acid groups (broad SMARTS) is 1. The lowest BCUT2D eigenvalue weighted by molar-refractivity contribution is -0.137. The molecular weight excluding hydrogens is 656 g/mol. The molecule has 18 heteroatoms. The van der Waals surface area contributed by atoms with Crippen LogP contribution in [-0.4, -0.2) is 118 Å². The van der Waals surface area contributed by atoms with Crippen molar-refractivity contribution in [2.75, 3.05) is 38.0 Å². The number of carbonyl (C=O) groups excluding carboxylic acids is 7. The summed E-state index contributed by atoms with van der Waals surface area (Å²) < 4.78 is 5.42. The number of imide groups is 1. The number of unbranched alkanes of at least 4 members (excludes halogenated alkanes) is 2. The average Bonchev–Trinajstić information content (AvgIpc) is 3.79. The summed E-state index contributed by atoms with van der Waals surface area (Å²) in [6.07, 6.45) is 3.73. The van der Waals surface area contributed by atoms with Gasteiger partial charge in [-0.25, -0.2) is 14.4 Å². The molecular formula is C32H42N8O10. The van der Waals surface area contributed by atoms with Gasteiger partial charge in [0.1, 0.15) is 12.6 Å². The van der Waals surface area contributed by atoms with E-state index in [0.717, 1.165) is 4.90 Å². The zero-order valence-corrected chi connectivity index (χ0v) is 27.4. The molecule has 0 radical (unpaired) electrons. The van der Waals surface area contributed by atoms with E-state index in [0.29, 0.717) is 43.4 Å². The van der Waals surface area contributed by atoms with E-state index in [-0.39, 0.29) is 82.0 Å². The summed E-state index contributed by atoms with van der Waals surface area (Å²) in [5.41, 5.74) is 6.16. The van der Waals surface area contributed by atoms with Crippen molar-refractivity contribution in [1.29, 1.82) is 0 Å². The molecule has 0 spiro atoms. The number of piperazine rings is 1. The van der Waals surface area contributed by atoms with Crippen LogP contribution in [0, 0.1) is 0 Å². The van der Waals surface area contributed by atoms with Crippen molar-refractivity contribution in [3.63, 3.8) is 0 Å². The third-order valence-corrected chi connectivity index (χ3v) is 8.56. The minimum atomic E-state index is -1.01. The van der Waals surface area contributed by atoms with E-state index in [2.05, 4.69) is 21.3 Å². The number of primary amides is 1. The number of rotatable bonds is 17. The molecule has 3 atom stereocenters. The van der Waals surface area contributed by atoms with Gasteiger partial charge in [0.15, 0.2) is 0 Å². The largest absolute Gasteiger partial charge is 0.465 e. The molecule has 9 amide bonds. The second-order valence-electron chi connectivity index (χ2n) is 12.2. The van der Waals surface area contributed by atoms with Crippen molar-refractivity contribution in [3.05, 3.63) is 42.0 Å². The Morgan fingerprint density at radius 3 is 2.20 bits per heavy atom. The normalized spacial score (nSPS) is 18.2. The summed E-state index contributed by atoms with van der Waals surface area (Å²) in [5.74, 6) is -2.21. The van der Waals surface area contributed by atoms with Crippen molar-refractivity contribution in [3.8, 4) is 0 Å². The van der Waals surface area contributed by atoms with E-state index in [4.69, 9.17) is 10.5 Å². The summed E-state index contributed by atoms with van der Waals surface area (Å²) in [5, 5.41) is 19.5. The van der Waals surface area contributed by atoms with Gasteiger partial charge in [-0.2, -0.15) is 0 Å². The Labute approximate surface area is 287 Å². The predicted molar refractivity (Wildman–Crippen MR) is 175 cm³/mol. The number of amides is 9. The Bertz CT molecular complexity index is 1480. The lowest BCUT2D eigenvalue weighted by Gasteiger charge is -2.31. The number of fused-ring (bicyclic) bond motifs is 2. The number of urea groups is 1. The Kier molecular flexibility index (Phi) is 13.1. The number of benzene rings is 1. The highest BCUT2D eigenvalue weighted by molar-refractivity contribution is 6.12. The van der Waals surface area contributed by atoms with Crippen LogP contribution in [0.3, 0.4) is 0 Å². The second kappa shape index (κ2) is 17.6. The second-order valence-corrected chi connectivity index (χ2v) is 12.2. The van der Waals surface area contributed by atoms with E-state index in [1.165, 1.54) is 17.1 Å². The zero-order valence-electron chi connectivity index (χ0n) is 27.4. The molecule has 3 aliphatic heterocycles. The molecule has 1 aromatic carbocycles. The fraction of sp³-hybridized carbons (Fsp3) is 0.500. The predicted octanol–water partition coefficient (Wildman–Crippen LogP) is 0.233. The van der Waals surface area contributed by atoms with Crippen LogP contribution in [0.4, 0.5) is 20.1 Å². The molecule has 3 heterocycles. The highest BCUT2D eigenvalue weighted by Crippen LogP contribution is 2.31. The molecule has 1 aromatic rings. The van der Waals surface area contributed by atoms with E-state index in [1.54, 1.807) is 29.2 Å². The fourth-order valence-electron chi connectivity index (χ4n) is 5.95. The molecule has 7 N–H and O–H groups in total. The van der Waals surface area contributed by atoms with Gasteiger partial charge in [-0.1, -0.05) is 18.6 Å². The van der Waals surface area contributed by atoms with Crippen LogP contribution in [0.25, 0.3) is 0 Å². The standard InChI is InChI=1S/C32H42N8O10/c33-30(46)34-13-4-5-24(37-26(42)16-35-25(41)6-2-1-3-14-38-27(43)11-12-28(38)44)29(45)36-21-9-7-20(8-10-21)19-50-32(49)40-18-22-15-23(40)17-39(22)31(47)48/h7-12,22-24H,1-6,13-19H2,(H,35,41)(H,36,45)(H,37,42)(H,47,48)(H3,33,34,46)/t22-,23-,24+/m1/s1. The zero-order chi connectivity index (χ0) is 36.2. The highest BCUT2D eigenvalue weighted by atomic mass is 16.6. The smallest absolute Gasteiger partial charge is 0.410 e. The molecule has 0 aromatic heterocycles. The van der Waals surface area contributed by atoms with Crippen molar-refractivity contribution >= 4 is 53.4 Å². The lowest BCUT2D eigenvalue weighted by atomic mass is 10.1. The van der Waals surface area contributed by atoms with E-state index < -0.39 is 36.1 Å². The van der Waals surface area contributed by atoms with Crippen LogP contribution in [0.2, 0.25) is 0 Å². The molecule has 2 saturated heterocycles. The van der Waals surface area contributed by atoms with Crippen LogP contribution >= 0.6 is 0 Å². The number of likely N-dealkylation sites (tertiary alicyclic amines) is 2. The first-order valence-electron chi connectivity index (χ1n) is 16.4. The Balaban J connectivity index is 1.18. The molecule has 2 bridgehead atoms. The van der Waals surface area contributed by atoms with Crippen LogP contribution in [0.1, 0.15) is 50.5 Å². The minimum absolute atomic E-state index is 0.0286. The topological polar surface area (TPSA) is 250 Å². The number of nitrogens with two attached hydrogens (primary N) is 1. The van der Waals surface area contributed by atoms with Gasteiger partial charge in [0.2, 0.25) is 17.7 Å². The van der Waals surface area contributed by atoms with Gasteiger partial charge in [0.05, 0.1) is 18.6 Å². The molecule has 18 nitrogen and oxygen atoms in total. The minimum Gasteiger partial charge on any atom is -0.465 e. The van der Waals surface area contributed by atoms with Crippen molar-refractivity contribution in [1.82, 2.24) is 30.7 Å². The molecule has 0 unspecified atom stereocenters. The molecule has 50 heavy (non-hydrogen) atoms. The van der Waals surface area contributed by atoms with Gasteiger partial charge in [-0.15, -0.1) is 0 Å². The molecule has 270 valence electrons. The maximum Gasteiger partial charge on any atom is 0.410 e. The quantitative estimate of drug-likeness (QED) is 0.0955. The number of nitrogens with zero attached hydrogens (tertiary/aromatic N) is 3. The summed E-state index contributed by atoms with van der Waals surface area (Å²) >= 11 is 0. The molecule has 2 fully saturated rings. The Morgan fingerprint density at radius 2 is 1.56 bits per heavy atom. The van der Waals surface area contributed by atoms with Gasteiger partial charge in [-0.05, 0) is 49.8 Å². The number of hydrogen-bond acceptors (Lipinski definition) is 9. The first-order chi connectivity index (χ1) is 23.9. The van der Waals surface area contributed by atoms with E-state index in [1.807, 2.05) is 0 Å². The first kappa shape index (κ1) is 37.1. The molecule has 3 aliphatic rings. The highest BCUT2D eigenvalue weighted by Gasteiger charge is 2.47. The summed E-state index contributed by atoms with van der Waals surface area (Å²) in [6.45, 7) is 0.594. The molecule has 4 rings (SSSR count). The maximum absolute atomic E-state index is 13.1. The Morgan fingerprint density at radius 1 is 0.880 bits per heavy atom. The number of nitrogens with one attached hydrogen (secondary N) is 4. The van der Waals surface area contributed by atoms with Crippen molar-refractivity contribution in [2.24, 2.45) is 5.73 Å². The van der Waals surface area contributed by atoms with Crippen LogP contribution in [0.15, 0.2) is 36.4 Å². The summed E-state index contributed by atoms with van der Waals surface area (Å²) in [6, 6.07) is 4.36. The van der Waals surface area contributed by atoms with Crippen molar-refractivity contribution < 1.29 is 48.2 Å². The van der Waals surface area contributed by atoms with Crippen LogP contribution < -0.4 is 27.0 Å². The van der Waals surface area contributed by atoms with Crippen LogP contribution in [0.5, 0.6) is 0 Å². The number of carbonyl (C=O) groups is 8. The van der Waals surface area contributed by atoms with E-state index >= 15 is 0 Å². The third-order valence-electron chi connectivity index (χ3n) is 8.56. The lowest BCUT2D eigenvalue weighted by Crippen LogP contribution is -2.50. The van der Waals surface area contributed by atoms with Gasteiger partial charge in [0, 0.05) is 50.4 Å². The third kappa shape index (κ3) is 10.7. The number of anilines is 1. The summed E-state index contributed by atoms with van der Waals surface area (Å²) in [7, 11) is 0. The molecule has 0 saturated carbocycles. The van der Waals surface area contributed by atoms with Gasteiger partial charge < -0.3 is 46.6 Å². The SMILES string of the molecule is NC(=O)NCCC[C@H](NC(=O)CNC(=O)CCCCCN1C(=O)C=CC1=O)C(=O)Nc1ccc(COC(=O)N2C[C@H]3C[C@@H]2CN3C(=O)O)cc1. The van der Waals surface area contributed by atoms with Gasteiger partial charge in [-0.3, -0.25) is 28.9 Å². The first-order valence-corrected chi connectivity index (χ1v) is 16.4. The van der Waals surface area contributed by atoms with Gasteiger partial charge in [0.25, 0.3) is 11.8 Å². The number of hydrogen-bond donors (Lipinski definition) is 6. The monoisotopic (exact) mass is 698 g/mol. The average molecular weight is 699 g/mol. The number of ether oxygens (including phenoxy) is 1. The Hall–Kier alpha value is -5.68. The maximum atomic E-state index is 13.1. The fourth-order valence-corrected chi connectivity index (χ4v) is 5.95. The van der Waals surface area contributed by atoms with Gasteiger partial charge >= 0.3 is 18.2 Å². The molecule has 0 aliphatic carbocycles. The van der Waals surface area contributed by atoms with Crippen molar-refractivity contribution in [2.45, 2.75) is 69.7 Å².